The molecule has 0 aliphatic heterocycles. The number of carbonyl (C=O) groups excluding carboxylic acids is 2. The predicted octanol–water partition coefficient (Wildman–Crippen LogP) is 3.84. The van der Waals surface area contributed by atoms with Crippen LogP contribution in [0.25, 0.3) is 0 Å². The summed E-state index contributed by atoms with van der Waals surface area (Å²) >= 11 is -0.884. The zero-order valence-electron chi connectivity index (χ0n) is 20.2. The number of rotatable bonds is 11. The Hall–Kier alpha value is -3.28. The van der Waals surface area contributed by atoms with Crippen LogP contribution in [0.5, 0.6) is 0 Å². The third kappa shape index (κ3) is 8.14. The Bertz CT molecular complexity index is 1170. The van der Waals surface area contributed by atoms with Crippen molar-refractivity contribution in [2.75, 3.05) is 11.8 Å². The summed E-state index contributed by atoms with van der Waals surface area (Å²) in [6, 6.07) is 15.0. The number of methoxy groups -OCH3 is 1. The van der Waals surface area contributed by atoms with Gasteiger partial charge in [0.1, 0.15) is 6.04 Å². The van der Waals surface area contributed by atoms with Crippen molar-refractivity contribution in [3.05, 3.63) is 81.8 Å². The van der Waals surface area contributed by atoms with Crippen molar-refractivity contribution >= 4 is 40.3 Å². The molecule has 9 nitrogen and oxygen atoms in total. The highest BCUT2D eigenvalue weighted by Crippen LogP contribution is 2.26. The quantitative estimate of drug-likeness (QED) is 0.323. The number of ether oxygens (including phenoxy) is 1. The third-order valence-corrected chi connectivity index (χ3v) is 6.94. The minimum atomic E-state index is -2.41. The molecule has 0 saturated heterocycles. The normalized spacial score (nSPS) is 13.5. The number of hydrogen-bond donors (Lipinski definition) is 3. The summed E-state index contributed by atoms with van der Waals surface area (Å²) in [4.78, 5) is 30.1. The molecular formula is C25H29N4O5S2-. The van der Waals surface area contributed by atoms with Crippen molar-refractivity contribution in [2.45, 2.75) is 44.7 Å². The van der Waals surface area contributed by atoms with E-state index in [-0.39, 0.29) is 18.2 Å². The molecule has 3 aromatic rings. The topological polar surface area (TPSA) is 132 Å². The van der Waals surface area contributed by atoms with Gasteiger partial charge in [-0.2, -0.15) is 0 Å². The number of thiazole rings is 1. The van der Waals surface area contributed by atoms with Gasteiger partial charge < -0.3 is 24.6 Å². The number of anilines is 1. The molecule has 0 saturated carbocycles. The van der Waals surface area contributed by atoms with Crippen molar-refractivity contribution in [3.8, 4) is 0 Å². The molecule has 2 aromatic carbocycles. The summed E-state index contributed by atoms with van der Waals surface area (Å²) in [5.74, 6) is -0.126. The number of nitrogens with one attached hydrogen (secondary N) is 3. The van der Waals surface area contributed by atoms with Gasteiger partial charge in [0.25, 0.3) is 0 Å². The Labute approximate surface area is 217 Å². The van der Waals surface area contributed by atoms with Crippen LogP contribution in [0.15, 0.2) is 60.0 Å². The number of carbonyl (C=O) groups is 2. The molecule has 3 rings (SSSR count). The molecule has 3 atom stereocenters. The summed E-state index contributed by atoms with van der Waals surface area (Å²) in [7, 11) is 1.25. The highest BCUT2D eigenvalue weighted by atomic mass is 32.2. The van der Waals surface area contributed by atoms with E-state index in [1.165, 1.54) is 18.4 Å². The van der Waals surface area contributed by atoms with Gasteiger partial charge in [-0.05, 0) is 29.7 Å². The highest BCUT2D eigenvalue weighted by Gasteiger charge is 2.26. The van der Waals surface area contributed by atoms with E-state index in [0.717, 1.165) is 21.8 Å². The Morgan fingerprint density at radius 3 is 2.28 bits per heavy atom. The van der Waals surface area contributed by atoms with E-state index in [1.54, 1.807) is 24.3 Å². The monoisotopic (exact) mass is 529 g/mol. The van der Waals surface area contributed by atoms with Crippen molar-refractivity contribution in [1.29, 1.82) is 0 Å². The number of hydrogen-bond acceptors (Lipinski definition) is 7. The number of benzene rings is 2. The first-order valence-corrected chi connectivity index (χ1v) is 13.3. The van der Waals surface area contributed by atoms with Crippen LogP contribution in [0, 0.1) is 0 Å². The second-order valence-corrected chi connectivity index (χ2v) is 10.0. The maximum atomic E-state index is 13.4. The lowest BCUT2D eigenvalue weighted by atomic mass is 10.0. The summed E-state index contributed by atoms with van der Waals surface area (Å²) < 4.78 is 28.8. The van der Waals surface area contributed by atoms with Gasteiger partial charge in [-0.25, -0.2) is 9.78 Å². The fourth-order valence-corrected chi connectivity index (χ4v) is 4.75. The van der Waals surface area contributed by atoms with E-state index in [9.17, 15) is 18.4 Å². The van der Waals surface area contributed by atoms with Crippen LogP contribution in [-0.2, 0) is 33.6 Å². The first-order valence-electron chi connectivity index (χ1n) is 11.3. The Morgan fingerprint density at radius 1 is 1.03 bits per heavy atom. The molecule has 0 radical (unpaired) electrons. The van der Waals surface area contributed by atoms with Gasteiger partial charge in [-0.15, -0.1) is 11.3 Å². The molecule has 11 heteroatoms. The molecule has 1 aromatic heterocycles. The summed E-state index contributed by atoms with van der Waals surface area (Å²) in [6.07, 6.45) is 0.0109. The molecule has 36 heavy (non-hydrogen) atoms. The summed E-state index contributed by atoms with van der Waals surface area (Å²) in [5, 5.41) is 8.56. The van der Waals surface area contributed by atoms with E-state index in [2.05, 4.69) is 29.2 Å². The molecule has 3 N–H and O–H groups in total. The largest absolute Gasteiger partial charge is 0.755 e. The lowest BCUT2D eigenvalue weighted by Gasteiger charge is -2.23. The van der Waals surface area contributed by atoms with Crippen LogP contribution in [0.4, 0.5) is 10.5 Å². The summed E-state index contributed by atoms with van der Waals surface area (Å²) in [6.45, 7) is 4.11. The minimum Gasteiger partial charge on any atom is -0.755 e. The van der Waals surface area contributed by atoms with E-state index in [1.807, 2.05) is 35.7 Å². The van der Waals surface area contributed by atoms with E-state index in [0.29, 0.717) is 12.1 Å². The number of alkyl carbamates (subject to hydrolysis) is 1. The molecule has 192 valence electrons. The van der Waals surface area contributed by atoms with Gasteiger partial charge in [-0.3, -0.25) is 9.00 Å². The SMILES string of the molecule is COC(=O)N[C@@H](Cc1ccccc1)C(=O)N[C@@H](Cc1ccc(NS(=O)[O-])cc1)c1csc(C(C)C)n1. The number of aromatic nitrogens is 1. The maximum Gasteiger partial charge on any atom is 0.407 e. The highest BCUT2D eigenvalue weighted by molar-refractivity contribution is 7.80. The van der Waals surface area contributed by atoms with Gasteiger partial charge in [0.2, 0.25) is 5.91 Å². The molecule has 0 aliphatic carbocycles. The second-order valence-electron chi connectivity index (χ2n) is 8.44. The van der Waals surface area contributed by atoms with E-state index in [4.69, 9.17) is 9.72 Å². The molecular weight excluding hydrogens is 500 g/mol. The molecule has 2 amide bonds. The van der Waals surface area contributed by atoms with Crippen LogP contribution < -0.4 is 15.4 Å². The van der Waals surface area contributed by atoms with Gasteiger partial charge >= 0.3 is 6.09 Å². The number of amides is 2. The molecule has 0 bridgehead atoms. The van der Waals surface area contributed by atoms with Crippen LogP contribution in [0.1, 0.15) is 47.6 Å². The standard InChI is InChI=1S/C25H30N4O5S2/c1-16(2)24-27-22(15-35-24)20(13-18-9-11-19(12-10-18)29-36(32)33)26-23(30)21(28-25(31)34-3)14-17-7-5-4-6-8-17/h4-12,15-16,20-21,29H,13-14H2,1-3H3,(H,26,30)(H,28,31)(H,32,33)/p-1/t20-,21-/m0/s1. The fraction of sp³-hybridized carbons (Fsp3) is 0.320. The molecule has 1 unspecified atom stereocenters. The lowest BCUT2D eigenvalue weighted by molar-refractivity contribution is -0.123. The minimum absolute atomic E-state index is 0.241. The summed E-state index contributed by atoms with van der Waals surface area (Å²) in [5.41, 5.74) is 2.92. The first kappa shape index (κ1) is 27.3. The van der Waals surface area contributed by atoms with Gasteiger partial charge in [0.15, 0.2) is 0 Å². The Balaban J connectivity index is 1.84. The van der Waals surface area contributed by atoms with Crippen molar-refractivity contribution in [3.63, 3.8) is 0 Å². The van der Waals surface area contributed by atoms with E-state index < -0.39 is 29.4 Å². The van der Waals surface area contributed by atoms with Gasteiger partial charge in [-0.1, -0.05) is 56.3 Å². The van der Waals surface area contributed by atoms with Crippen LogP contribution in [0.2, 0.25) is 0 Å². The van der Waals surface area contributed by atoms with E-state index >= 15 is 0 Å². The van der Waals surface area contributed by atoms with Crippen LogP contribution in [-0.4, -0.2) is 38.9 Å². The van der Waals surface area contributed by atoms with Gasteiger partial charge in [0.05, 0.1) is 23.9 Å². The fourth-order valence-electron chi connectivity index (χ4n) is 3.53. The lowest BCUT2D eigenvalue weighted by Crippen LogP contribution is -2.49. The van der Waals surface area contributed by atoms with Crippen molar-refractivity contribution in [2.24, 2.45) is 0 Å². The van der Waals surface area contributed by atoms with Crippen LogP contribution >= 0.6 is 11.3 Å². The molecule has 0 spiro atoms. The zero-order valence-corrected chi connectivity index (χ0v) is 21.9. The molecule has 0 fully saturated rings. The Morgan fingerprint density at radius 2 is 1.69 bits per heavy atom. The van der Waals surface area contributed by atoms with Crippen molar-refractivity contribution in [1.82, 2.24) is 15.6 Å². The first-order chi connectivity index (χ1) is 17.2. The van der Waals surface area contributed by atoms with Crippen LogP contribution in [0.3, 0.4) is 0 Å². The second kappa shape index (κ2) is 13.1. The average molecular weight is 530 g/mol. The Kier molecular flexibility index (Phi) is 9.97. The number of nitrogens with zero attached hydrogens (tertiary/aromatic N) is 1. The molecule has 0 aliphatic rings. The smallest absolute Gasteiger partial charge is 0.407 e. The third-order valence-electron chi connectivity index (χ3n) is 5.38. The average Bonchev–Trinajstić information content (AvgIpc) is 3.35. The molecule has 1 heterocycles. The zero-order chi connectivity index (χ0) is 26.1. The van der Waals surface area contributed by atoms with Crippen molar-refractivity contribution < 1.29 is 23.1 Å². The predicted molar refractivity (Wildman–Crippen MR) is 139 cm³/mol. The maximum absolute atomic E-state index is 13.4. The van der Waals surface area contributed by atoms with Gasteiger partial charge in [0, 0.05) is 34.7 Å².